The molecule has 3 amide bonds. The lowest BCUT2D eigenvalue weighted by atomic mass is 9.45. The van der Waals surface area contributed by atoms with Crippen molar-refractivity contribution in [2.75, 3.05) is 19.6 Å². The Kier molecular flexibility index (Phi) is 12.8. The van der Waals surface area contributed by atoms with Crippen molar-refractivity contribution in [3.05, 3.63) is 12.2 Å². The van der Waals surface area contributed by atoms with Crippen molar-refractivity contribution in [3.63, 3.8) is 0 Å². The maximum Gasteiger partial charge on any atom is 0.226 e. The summed E-state index contributed by atoms with van der Waals surface area (Å²) in [5, 5.41) is 19.0. The molecule has 0 saturated heterocycles. The molecule has 0 radical (unpaired) electrons. The molecule has 0 aliphatic heterocycles. The van der Waals surface area contributed by atoms with Crippen LogP contribution in [0.1, 0.15) is 101 Å². The highest BCUT2D eigenvalue weighted by molar-refractivity contribution is 5.83. The molecule has 0 aromatic rings. The molecule has 0 rings (SSSR count). The number of allylic oxidation sites excluding steroid dienone is 1. The van der Waals surface area contributed by atoms with Gasteiger partial charge in [0.1, 0.15) is 0 Å². The summed E-state index contributed by atoms with van der Waals surface area (Å²) >= 11 is 0. The van der Waals surface area contributed by atoms with Gasteiger partial charge < -0.3 is 16.0 Å². The zero-order valence-electron chi connectivity index (χ0n) is 25.6. The van der Waals surface area contributed by atoms with Gasteiger partial charge in [-0.1, -0.05) is 60.0 Å². The first-order valence-electron chi connectivity index (χ1n) is 13.5. The van der Waals surface area contributed by atoms with E-state index in [1.807, 2.05) is 69.2 Å². The van der Waals surface area contributed by atoms with Crippen LogP contribution in [0.25, 0.3) is 0 Å². The molecule has 2 atom stereocenters. The van der Waals surface area contributed by atoms with Crippen LogP contribution in [0, 0.1) is 50.7 Å². The molecule has 3 N–H and O–H groups in total. The molecule has 7 nitrogen and oxygen atoms in total. The smallest absolute Gasteiger partial charge is 0.226 e. The van der Waals surface area contributed by atoms with Gasteiger partial charge in [0, 0.05) is 25.9 Å². The number of carbonyl (C=O) groups excluding carboxylic acids is 3. The van der Waals surface area contributed by atoms with Gasteiger partial charge in [-0.2, -0.15) is 5.26 Å². The van der Waals surface area contributed by atoms with E-state index in [0.29, 0.717) is 38.8 Å². The van der Waals surface area contributed by atoms with Gasteiger partial charge >= 0.3 is 0 Å². The average Bonchev–Trinajstić information content (AvgIpc) is 2.78. The van der Waals surface area contributed by atoms with Crippen LogP contribution in [-0.4, -0.2) is 37.4 Å². The van der Waals surface area contributed by atoms with Crippen molar-refractivity contribution in [1.29, 1.82) is 5.26 Å². The predicted octanol–water partition coefficient (Wildman–Crippen LogP) is 5.13. The van der Waals surface area contributed by atoms with E-state index in [1.165, 1.54) is 0 Å². The van der Waals surface area contributed by atoms with E-state index in [9.17, 15) is 19.6 Å². The number of rotatable bonds is 15. The minimum absolute atomic E-state index is 0.00240. The topological polar surface area (TPSA) is 111 Å². The van der Waals surface area contributed by atoms with Crippen LogP contribution in [0.5, 0.6) is 0 Å². The summed E-state index contributed by atoms with van der Waals surface area (Å²) in [6.07, 6.45) is 7.23. The zero-order valence-corrected chi connectivity index (χ0v) is 25.6. The number of nitriles is 1. The molecule has 38 heavy (non-hydrogen) atoms. The summed E-state index contributed by atoms with van der Waals surface area (Å²) < 4.78 is 0. The number of nitrogens with zero attached hydrogens (tertiary/aromatic N) is 1. The molecule has 0 aliphatic rings. The molecule has 214 valence electrons. The number of terminal acetylenes is 1. The van der Waals surface area contributed by atoms with Crippen LogP contribution >= 0.6 is 0 Å². The number of hydrogen-bond acceptors (Lipinski definition) is 4. The molecular weight excluding hydrogens is 476 g/mol. The van der Waals surface area contributed by atoms with E-state index in [1.54, 1.807) is 0 Å². The van der Waals surface area contributed by atoms with Crippen molar-refractivity contribution in [1.82, 2.24) is 16.0 Å². The molecule has 0 aromatic carbocycles. The quantitative estimate of drug-likeness (QED) is 0.155. The number of hydrogen-bond donors (Lipinski definition) is 3. The Morgan fingerprint density at radius 3 is 1.87 bits per heavy atom. The van der Waals surface area contributed by atoms with Crippen molar-refractivity contribution in [2.24, 2.45) is 27.1 Å². The normalized spacial score (nSPS) is 15.2. The summed E-state index contributed by atoms with van der Waals surface area (Å²) in [7, 11) is 0. The third-order valence-electron chi connectivity index (χ3n) is 8.62. The highest BCUT2D eigenvalue weighted by atomic mass is 16.2. The maximum absolute atomic E-state index is 13.8. The molecule has 0 bridgehead atoms. The molecule has 0 aromatic heterocycles. The molecule has 0 aliphatic carbocycles. The lowest BCUT2D eigenvalue weighted by molar-refractivity contribution is -0.151. The second kappa shape index (κ2) is 13.8. The molecule has 0 fully saturated rings. The molecule has 0 heterocycles. The monoisotopic (exact) mass is 528 g/mol. The lowest BCUT2D eigenvalue weighted by Crippen LogP contribution is -2.58. The molecule has 7 heteroatoms. The van der Waals surface area contributed by atoms with Gasteiger partial charge in [0.2, 0.25) is 17.7 Å². The Labute approximate surface area is 232 Å². The fraction of sp³-hybridized carbons (Fsp3) is 0.742. The third kappa shape index (κ3) is 9.19. The number of carbonyl (C=O) groups is 3. The second-order valence-corrected chi connectivity index (χ2v) is 13.3. The summed E-state index contributed by atoms with van der Waals surface area (Å²) in [6.45, 7) is 24.9. The van der Waals surface area contributed by atoms with Crippen LogP contribution in [0.15, 0.2) is 12.2 Å². The minimum atomic E-state index is -0.905. The number of amides is 3. The summed E-state index contributed by atoms with van der Waals surface area (Å²) in [5.74, 6) is 2.07. The first-order chi connectivity index (χ1) is 17.2. The van der Waals surface area contributed by atoms with Gasteiger partial charge in [0.25, 0.3) is 0 Å². The van der Waals surface area contributed by atoms with Crippen LogP contribution in [0.3, 0.4) is 0 Å². The summed E-state index contributed by atoms with van der Waals surface area (Å²) in [5.41, 5.74) is -2.36. The van der Waals surface area contributed by atoms with Crippen LogP contribution in [0.2, 0.25) is 0 Å². The van der Waals surface area contributed by atoms with Gasteiger partial charge in [-0.25, -0.2) is 0 Å². The van der Waals surface area contributed by atoms with Gasteiger partial charge in [-0.05, 0) is 56.3 Å². The van der Waals surface area contributed by atoms with Crippen molar-refractivity contribution >= 4 is 17.7 Å². The zero-order chi connectivity index (χ0) is 30.0. The van der Waals surface area contributed by atoms with E-state index < -0.39 is 21.7 Å². The Balaban J connectivity index is 5.72. The first-order valence-corrected chi connectivity index (χ1v) is 13.5. The van der Waals surface area contributed by atoms with Crippen molar-refractivity contribution < 1.29 is 14.4 Å². The van der Waals surface area contributed by atoms with Crippen molar-refractivity contribution in [3.8, 4) is 18.4 Å². The second-order valence-electron chi connectivity index (χ2n) is 13.3. The average molecular weight is 529 g/mol. The van der Waals surface area contributed by atoms with E-state index in [0.717, 1.165) is 5.57 Å². The van der Waals surface area contributed by atoms with E-state index in [2.05, 4.69) is 34.5 Å². The fourth-order valence-electron chi connectivity index (χ4n) is 4.94. The minimum Gasteiger partial charge on any atom is -0.356 e. The molecule has 0 spiro atoms. The van der Waals surface area contributed by atoms with Gasteiger partial charge in [0.05, 0.1) is 23.4 Å². The Hall–Kier alpha value is -2.80. The van der Waals surface area contributed by atoms with Crippen LogP contribution in [0.4, 0.5) is 0 Å². The molecule has 2 unspecified atom stereocenters. The van der Waals surface area contributed by atoms with Crippen molar-refractivity contribution in [2.45, 2.75) is 101 Å². The van der Waals surface area contributed by atoms with Crippen LogP contribution in [-0.2, 0) is 14.4 Å². The Morgan fingerprint density at radius 1 is 0.842 bits per heavy atom. The van der Waals surface area contributed by atoms with Gasteiger partial charge in [-0.3, -0.25) is 14.4 Å². The standard InChI is InChI=1S/C31H52N4O3/c1-13-17-33-24(36)15-16-30(11,22-32)28(7,8)29(9,10)31(12,20-23(2)3)26(38)35-19-14-18-34-25(37)21-27(4,5)6/h1H,2,14-21H2,3-12H3,(H,33,36)(H,34,37)(H,35,38). The highest BCUT2D eigenvalue weighted by Crippen LogP contribution is 2.61. The molecular formula is C31H52N4O3. The van der Waals surface area contributed by atoms with E-state index in [-0.39, 0.29) is 36.1 Å². The Morgan fingerprint density at radius 2 is 1.39 bits per heavy atom. The SMILES string of the molecule is C#CCNC(=O)CCC(C)(C#N)C(C)(C)C(C)(C)C(C)(CC(=C)C)C(=O)NCCCNC(=O)CC(C)(C)C. The Bertz CT molecular complexity index is 946. The third-order valence-corrected chi connectivity index (χ3v) is 8.62. The maximum atomic E-state index is 13.8. The summed E-state index contributed by atoms with van der Waals surface area (Å²) in [6, 6.07) is 2.47. The molecule has 0 saturated carbocycles. The predicted molar refractivity (Wildman–Crippen MR) is 155 cm³/mol. The summed E-state index contributed by atoms with van der Waals surface area (Å²) in [4.78, 5) is 38.1. The van der Waals surface area contributed by atoms with E-state index >= 15 is 0 Å². The fourth-order valence-corrected chi connectivity index (χ4v) is 4.94. The largest absolute Gasteiger partial charge is 0.356 e. The van der Waals surface area contributed by atoms with Gasteiger partial charge in [0.15, 0.2) is 0 Å². The first kappa shape index (κ1) is 35.2. The van der Waals surface area contributed by atoms with Gasteiger partial charge in [-0.15, -0.1) is 13.0 Å². The lowest BCUT2D eigenvalue weighted by Gasteiger charge is -2.57. The van der Waals surface area contributed by atoms with E-state index in [4.69, 9.17) is 6.42 Å². The van der Waals surface area contributed by atoms with Crippen LogP contribution < -0.4 is 16.0 Å². The number of nitrogens with one attached hydrogen (secondary N) is 3. The highest BCUT2D eigenvalue weighted by Gasteiger charge is 2.60.